The van der Waals surface area contributed by atoms with Crippen molar-refractivity contribution in [3.8, 4) is 6.07 Å². The van der Waals surface area contributed by atoms with Gasteiger partial charge in [0.05, 0.1) is 0 Å². The number of carbonyl (C=O) groups excluding carboxylic acids is 1. The summed E-state index contributed by atoms with van der Waals surface area (Å²) in [6.07, 6.45) is 3.16. The summed E-state index contributed by atoms with van der Waals surface area (Å²) in [4.78, 5) is 24.2. The molecule has 0 radical (unpaired) electrons. The molecular weight excluding hydrogens is 426 g/mol. The summed E-state index contributed by atoms with van der Waals surface area (Å²) in [7, 11) is 0. The summed E-state index contributed by atoms with van der Waals surface area (Å²) < 4.78 is 1.59. The van der Waals surface area contributed by atoms with Gasteiger partial charge < -0.3 is 15.0 Å². The van der Waals surface area contributed by atoms with Crippen molar-refractivity contribution in [2.45, 2.75) is 12.5 Å². The van der Waals surface area contributed by atoms with Crippen LogP contribution in [0.25, 0.3) is 17.0 Å². The van der Waals surface area contributed by atoms with Crippen molar-refractivity contribution in [1.82, 2.24) is 9.88 Å². The van der Waals surface area contributed by atoms with Gasteiger partial charge in [-0.3, -0.25) is 9.59 Å². The number of hydrogen-bond donors (Lipinski definition) is 2. The highest BCUT2D eigenvalue weighted by Crippen LogP contribution is 2.25. The molecule has 0 aliphatic rings. The minimum Gasteiger partial charge on any atom is -0.480 e. The lowest BCUT2D eigenvalue weighted by Crippen LogP contribution is -2.29. The zero-order chi connectivity index (χ0) is 23.9. The molecule has 0 unspecified atom stereocenters. The van der Waals surface area contributed by atoms with E-state index in [2.05, 4.69) is 5.32 Å². The van der Waals surface area contributed by atoms with Gasteiger partial charge in [0.15, 0.2) is 0 Å². The summed E-state index contributed by atoms with van der Waals surface area (Å²) in [5.41, 5.74) is 3.42. The molecule has 3 aromatic carbocycles. The first kappa shape index (κ1) is 22.6. The number of nitriles is 1. The highest BCUT2D eigenvalue weighted by atomic mass is 16.4. The number of aromatic nitrogens is 1. The SMILES string of the molecule is N#C/C(=C\c1cn(CC(=O)O)c2ccccc12)C(=O)NCC(c1ccccc1)c1ccccc1. The average Bonchev–Trinajstić information content (AvgIpc) is 3.20. The van der Waals surface area contributed by atoms with Crippen molar-refractivity contribution < 1.29 is 14.7 Å². The van der Waals surface area contributed by atoms with Crippen LogP contribution in [0.2, 0.25) is 0 Å². The predicted molar refractivity (Wildman–Crippen MR) is 131 cm³/mol. The fourth-order valence-electron chi connectivity index (χ4n) is 4.06. The van der Waals surface area contributed by atoms with Gasteiger partial charge in [-0.05, 0) is 23.3 Å². The maximum absolute atomic E-state index is 13.0. The smallest absolute Gasteiger partial charge is 0.323 e. The lowest BCUT2D eigenvalue weighted by Gasteiger charge is -2.18. The summed E-state index contributed by atoms with van der Waals surface area (Å²) in [5, 5.41) is 22.6. The second-order valence-electron chi connectivity index (χ2n) is 7.88. The van der Waals surface area contributed by atoms with Gasteiger partial charge in [0, 0.05) is 35.1 Å². The van der Waals surface area contributed by atoms with E-state index < -0.39 is 11.9 Å². The van der Waals surface area contributed by atoms with E-state index in [4.69, 9.17) is 0 Å². The van der Waals surface area contributed by atoms with Crippen molar-refractivity contribution in [3.63, 3.8) is 0 Å². The molecule has 0 atom stereocenters. The van der Waals surface area contributed by atoms with Crippen LogP contribution in [0.4, 0.5) is 0 Å². The standard InChI is InChI=1S/C28H23N3O3/c29-16-22(15-23-18-31(19-27(32)33)26-14-8-7-13-24(23)26)28(34)30-17-25(20-9-3-1-4-10-20)21-11-5-2-6-12-21/h1-15,18,25H,17,19H2,(H,30,34)(H,32,33)/b22-15+. The Labute approximate surface area is 197 Å². The number of fused-ring (bicyclic) bond motifs is 1. The minimum absolute atomic E-state index is 0.0434. The molecule has 6 heteroatoms. The number of carboxylic acids is 1. The van der Waals surface area contributed by atoms with Gasteiger partial charge in [-0.2, -0.15) is 5.26 Å². The molecule has 0 bridgehead atoms. The predicted octanol–water partition coefficient (Wildman–Crippen LogP) is 4.58. The molecule has 1 heterocycles. The van der Waals surface area contributed by atoms with Crippen LogP contribution in [0, 0.1) is 11.3 Å². The number of carbonyl (C=O) groups is 2. The molecule has 34 heavy (non-hydrogen) atoms. The van der Waals surface area contributed by atoms with Gasteiger partial charge in [0.25, 0.3) is 5.91 Å². The number of para-hydroxylation sites is 1. The van der Waals surface area contributed by atoms with Crippen molar-refractivity contribution >= 4 is 28.9 Å². The molecule has 0 saturated carbocycles. The topological polar surface area (TPSA) is 95.1 Å². The number of nitrogens with one attached hydrogen (secondary N) is 1. The number of hydrogen-bond acceptors (Lipinski definition) is 3. The third kappa shape index (κ3) is 5.05. The van der Waals surface area contributed by atoms with Crippen LogP contribution in [0.15, 0.2) is 96.7 Å². The Morgan fingerprint density at radius 3 is 2.12 bits per heavy atom. The third-order valence-electron chi connectivity index (χ3n) is 5.66. The zero-order valence-corrected chi connectivity index (χ0v) is 18.4. The first-order valence-electron chi connectivity index (χ1n) is 10.9. The van der Waals surface area contributed by atoms with Crippen molar-refractivity contribution in [1.29, 1.82) is 5.26 Å². The Hall–Kier alpha value is -4.63. The van der Waals surface area contributed by atoms with E-state index in [1.807, 2.05) is 91.0 Å². The first-order valence-corrected chi connectivity index (χ1v) is 10.9. The van der Waals surface area contributed by atoms with Gasteiger partial charge in [-0.1, -0.05) is 78.9 Å². The maximum atomic E-state index is 13.0. The highest BCUT2D eigenvalue weighted by molar-refractivity contribution is 6.04. The van der Waals surface area contributed by atoms with E-state index >= 15 is 0 Å². The number of rotatable bonds is 8. The number of aliphatic carboxylic acids is 1. The molecule has 0 aliphatic heterocycles. The summed E-state index contributed by atoms with van der Waals surface area (Å²) in [6, 6.07) is 29.1. The molecule has 1 amide bonds. The molecule has 168 valence electrons. The normalized spacial score (nSPS) is 11.4. The average molecular weight is 450 g/mol. The van der Waals surface area contributed by atoms with Gasteiger partial charge in [-0.15, -0.1) is 0 Å². The van der Waals surface area contributed by atoms with Gasteiger partial charge in [-0.25, -0.2) is 0 Å². The summed E-state index contributed by atoms with van der Waals surface area (Å²) in [6.45, 7) is 0.116. The number of nitrogens with zero attached hydrogens (tertiary/aromatic N) is 2. The maximum Gasteiger partial charge on any atom is 0.323 e. The third-order valence-corrected chi connectivity index (χ3v) is 5.66. The van der Waals surface area contributed by atoms with Crippen LogP contribution in [0.3, 0.4) is 0 Å². The fourth-order valence-corrected chi connectivity index (χ4v) is 4.06. The molecule has 2 N–H and O–H groups in total. The van der Waals surface area contributed by atoms with E-state index in [-0.39, 0.29) is 18.0 Å². The van der Waals surface area contributed by atoms with E-state index in [0.29, 0.717) is 12.1 Å². The Kier molecular flexibility index (Phi) is 6.85. The monoisotopic (exact) mass is 449 g/mol. The summed E-state index contributed by atoms with van der Waals surface area (Å²) >= 11 is 0. The molecule has 0 fully saturated rings. The van der Waals surface area contributed by atoms with Crippen LogP contribution in [-0.4, -0.2) is 28.1 Å². The van der Waals surface area contributed by atoms with E-state index in [9.17, 15) is 20.0 Å². The van der Waals surface area contributed by atoms with Crippen LogP contribution < -0.4 is 5.32 Å². The molecule has 1 aromatic heterocycles. The van der Waals surface area contributed by atoms with E-state index in [1.165, 1.54) is 6.08 Å². The quantitative estimate of drug-likeness (QED) is 0.304. The minimum atomic E-state index is -0.970. The van der Waals surface area contributed by atoms with Crippen molar-refractivity contribution in [2.24, 2.45) is 0 Å². The number of amides is 1. The first-order chi connectivity index (χ1) is 16.6. The van der Waals surface area contributed by atoms with Crippen LogP contribution >= 0.6 is 0 Å². The second kappa shape index (κ2) is 10.3. The van der Waals surface area contributed by atoms with Crippen molar-refractivity contribution in [2.75, 3.05) is 6.54 Å². The number of carboxylic acid groups (broad SMARTS) is 1. The Bertz CT molecular complexity index is 1340. The Morgan fingerprint density at radius 2 is 1.53 bits per heavy atom. The van der Waals surface area contributed by atoms with E-state index in [0.717, 1.165) is 22.0 Å². The van der Waals surface area contributed by atoms with Gasteiger partial charge >= 0.3 is 5.97 Å². The lowest BCUT2D eigenvalue weighted by atomic mass is 9.91. The largest absolute Gasteiger partial charge is 0.480 e. The lowest BCUT2D eigenvalue weighted by molar-refractivity contribution is -0.137. The molecule has 0 spiro atoms. The molecule has 4 aromatic rings. The van der Waals surface area contributed by atoms with Gasteiger partial charge in [0.1, 0.15) is 18.2 Å². The molecule has 0 saturated heterocycles. The zero-order valence-electron chi connectivity index (χ0n) is 18.4. The molecule has 4 rings (SSSR count). The van der Waals surface area contributed by atoms with E-state index in [1.54, 1.807) is 10.8 Å². The highest BCUT2D eigenvalue weighted by Gasteiger charge is 2.18. The Balaban J connectivity index is 1.60. The number of benzene rings is 3. The fraction of sp³-hybridized carbons (Fsp3) is 0.107. The summed E-state index contributed by atoms with van der Waals surface area (Å²) in [5.74, 6) is -1.51. The van der Waals surface area contributed by atoms with Crippen molar-refractivity contribution in [3.05, 3.63) is 113 Å². The second-order valence-corrected chi connectivity index (χ2v) is 7.88. The van der Waals surface area contributed by atoms with Crippen LogP contribution in [0.1, 0.15) is 22.6 Å². The molecule has 0 aliphatic carbocycles. The molecular formula is C28H23N3O3. The molecule has 6 nitrogen and oxygen atoms in total. The Morgan fingerprint density at radius 1 is 0.941 bits per heavy atom. The van der Waals surface area contributed by atoms with Gasteiger partial charge in [0.2, 0.25) is 0 Å². The van der Waals surface area contributed by atoms with Crippen LogP contribution in [-0.2, 0) is 16.1 Å². The van der Waals surface area contributed by atoms with Crippen LogP contribution in [0.5, 0.6) is 0 Å².